The first kappa shape index (κ1) is 23.5. The van der Waals surface area contributed by atoms with E-state index in [9.17, 15) is 14.4 Å². The highest BCUT2D eigenvalue weighted by Crippen LogP contribution is 2.34. The standard InChI is InChI=1S/C24H19NO7S2/c26-21(27)3-1-2-12-25-22(28)20(34-24(25)33)13-16-8-9-17(31-16)14-4-6-15(7-5-14)18-10-11-19(32-18)23(29)30/h4-11,13H,1-3,12H2,(H,26,27)(H,29,30)/b20-13-. The highest BCUT2D eigenvalue weighted by Gasteiger charge is 2.31. The number of aromatic carboxylic acids is 1. The molecule has 1 amide bonds. The van der Waals surface area contributed by atoms with Crippen molar-refractivity contribution in [2.24, 2.45) is 0 Å². The van der Waals surface area contributed by atoms with Crippen molar-refractivity contribution in [1.29, 1.82) is 0 Å². The van der Waals surface area contributed by atoms with Crippen LogP contribution in [0.5, 0.6) is 0 Å². The zero-order valence-electron chi connectivity index (χ0n) is 17.7. The third-order valence-electron chi connectivity index (χ3n) is 5.07. The molecule has 1 saturated heterocycles. The molecule has 1 fully saturated rings. The predicted molar refractivity (Wildman–Crippen MR) is 130 cm³/mol. The number of hydrogen-bond acceptors (Lipinski definition) is 7. The van der Waals surface area contributed by atoms with Crippen molar-refractivity contribution in [3.63, 3.8) is 0 Å². The van der Waals surface area contributed by atoms with E-state index in [0.717, 1.165) is 11.1 Å². The van der Waals surface area contributed by atoms with E-state index in [4.69, 9.17) is 31.3 Å². The smallest absolute Gasteiger partial charge is 0.371 e. The topological polar surface area (TPSA) is 121 Å². The van der Waals surface area contributed by atoms with Gasteiger partial charge in [0.2, 0.25) is 5.76 Å². The average Bonchev–Trinajstić information content (AvgIpc) is 3.53. The molecule has 4 rings (SSSR count). The highest BCUT2D eigenvalue weighted by molar-refractivity contribution is 8.26. The SMILES string of the molecule is O=C(O)CCCCN1C(=O)/C(=C/c2ccc(-c3ccc(-c4ccc(C(=O)O)o4)cc3)o2)SC1=S. The Hall–Kier alpha value is -3.63. The van der Waals surface area contributed by atoms with Crippen LogP contribution in [0.25, 0.3) is 28.7 Å². The minimum Gasteiger partial charge on any atom is -0.481 e. The Labute approximate surface area is 203 Å². The molecule has 1 aliphatic heterocycles. The second-order valence-corrected chi connectivity index (χ2v) is 9.11. The van der Waals surface area contributed by atoms with Gasteiger partial charge in [0.1, 0.15) is 21.6 Å². The number of carbonyl (C=O) groups is 3. The molecule has 2 N–H and O–H groups in total. The first-order chi connectivity index (χ1) is 16.3. The molecule has 1 aromatic carbocycles. The van der Waals surface area contributed by atoms with Crippen LogP contribution >= 0.6 is 24.0 Å². The van der Waals surface area contributed by atoms with Crippen molar-refractivity contribution in [1.82, 2.24) is 4.90 Å². The number of unbranched alkanes of at least 4 members (excludes halogenated alkanes) is 1. The Morgan fingerprint density at radius 1 is 0.941 bits per heavy atom. The number of nitrogens with zero attached hydrogens (tertiary/aromatic N) is 1. The van der Waals surface area contributed by atoms with Gasteiger partial charge in [-0.3, -0.25) is 14.5 Å². The minimum absolute atomic E-state index is 0.0612. The molecule has 1 aliphatic rings. The van der Waals surface area contributed by atoms with E-state index < -0.39 is 11.9 Å². The third-order valence-corrected chi connectivity index (χ3v) is 6.44. The van der Waals surface area contributed by atoms with Gasteiger partial charge in [-0.25, -0.2) is 4.79 Å². The summed E-state index contributed by atoms with van der Waals surface area (Å²) in [6.07, 6.45) is 2.74. The Kier molecular flexibility index (Phi) is 6.99. The quantitative estimate of drug-likeness (QED) is 0.228. The fraction of sp³-hybridized carbons (Fsp3) is 0.167. The number of benzene rings is 1. The maximum absolute atomic E-state index is 12.7. The highest BCUT2D eigenvalue weighted by atomic mass is 32.2. The van der Waals surface area contributed by atoms with Gasteiger partial charge in [0.25, 0.3) is 5.91 Å². The molecule has 174 valence electrons. The number of carboxylic acid groups (broad SMARTS) is 2. The molecule has 3 heterocycles. The zero-order valence-corrected chi connectivity index (χ0v) is 19.4. The lowest BCUT2D eigenvalue weighted by Gasteiger charge is -2.13. The second-order valence-electron chi connectivity index (χ2n) is 7.43. The van der Waals surface area contributed by atoms with Crippen molar-refractivity contribution >= 4 is 52.2 Å². The molecule has 0 spiro atoms. The number of thiocarbonyl (C=S) groups is 1. The molecule has 0 atom stereocenters. The maximum Gasteiger partial charge on any atom is 0.371 e. The van der Waals surface area contributed by atoms with Crippen molar-refractivity contribution in [2.75, 3.05) is 6.54 Å². The summed E-state index contributed by atoms with van der Waals surface area (Å²) in [7, 11) is 0. The van der Waals surface area contributed by atoms with Gasteiger partial charge in [0.05, 0.1) is 4.91 Å². The normalized spacial score (nSPS) is 14.8. The summed E-state index contributed by atoms with van der Waals surface area (Å²) in [5, 5.41) is 17.7. The molecule has 34 heavy (non-hydrogen) atoms. The average molecular weight is 498 g/mol. The summed E-state index contributed by atoms with van der Waals surface area (Å²) in [5.74, 6) is -0.764. The van der Waals surface area contributed by atoms with Crippen molar-refractivity contribution in [2.45, 2.75) is 19.3 Å². The van der Waals surface area contributed by atoms with Crippen LogP contribution in [0.4, 0.5) is 0 Å². The molecule has 0 unspecified atom stereocenters. The van der Waals surface area contributed by atoms with Gasteiger partial charge in [-0.05, 0) is 37.1 Å². The first-order valence-corrected chi connectivity index (χ1v) is 11.6. The molecule has 0 aliphatic carbocycles. The largest absolute Gasteiger partial charge is 0.481 e. The van der Waals surface area contributed by atoms with Crippen LogP contribution in [-0.2, 0) is 9.59 Å². The lowest BCUT2D eigenvalue weighted by atomic mass is 10.1. The summed E-state index contributed by atoms with van der Waals surface area (Å²) >= 11 is 6.49. The van der Waals surface area contributed by atoms with Gasteiger partial charge >= 0.3 is 11.9 Å². The van der Waals surface area contributed by atoms with Gasteiger partial charge in [0, 0.05) is 30.2 Å². The molecule has 0 saturated carbocycles. The van der Waals surface area contributed by atoms with Crippen molar-refractivity contribution in [3.8, 4) is 22.6 Å². The van der Waals surface area contributed by atoms with Gasteiger partial charge in [-0.15, -0.1) is 0 Å². The molecular formula is C24H19NO7S2. The van der Waals surface area contributed by atoms with E-state index in [2.05, 4.69) is 0 Å². The Balaban J connectivity index is 1.43. The zero-order chi connectivity index (χ0) is 24.2. The van der Waals surface area contributed by atoms with E-state index in [1.54, 1.807) is 36.4 Å². The summed E-state index contributed by atoms with van der Waals surface area (Å²) < 4.78 is 11.6. The van der Waals surface area contributed by atoms with Crippen LogP contribution in [0, 0.1) is 0 Å². The Morgan fingerprint density at radius 2 is 1.59 bits per heavy atom. The molecule has 10 heteroatoms. The number of hydrogen-bond donors (Lipinski definition) is 2. The number of thioether (sulfide) groups is 1. The summed E-state index contributed by atoms with van der Waals surface area (Å²) in [5.41, 5.74) is 1.54. The lowest BCUT2D eigenvalue weighted by Crippen LogP contribution is -2.29. The Morgan fingerprint density at radius 3 is 2.21 bits per heavy atom. The molecule has 2 aromatic heterocycles. The maximum atomic E-state index is 12.7. The number of furan rings is 2. The lowest BCUT2D eigenvalue weighted by molar-refractivity contribution is -0.137. The van der Waals surface area contributed by atoms with Crippen LogP contribution in [0.1, 0.15) is 35.6 Å². The van der Waals surface area contributed by atoms with Gasteiger partial charge < -0.3 is 19.0 Å². The Bertz CT molecular complexity index is 1290. The van der Waals surface area contributed by atoms with Crippen LogP contribution in [0.2, 0.25) is 0 Å². The van der Waals surface area contributed by atoms with Crippen molar-refractivity contribution < 1.29 is 33.4 Å². The van der Waals surface area contributed by atoms with Gasteiger partial charge in [0.15, 0.2) is 0 Å². The van der Waals surface area contributed by atoms with E-state index in [0.29, 0.717) is 45.9 Å². The van der Waals surface area contributed by atoms with Crippen LogP contribution in [0.15, 0.2) is 62.3 Å². The fourth-order valence-corrected chi connectivity index (χ4v) is 4.65. The predicted octanol–water partition coefficient (Wildman–Crippen LogP) is 5.36. The number of carbonyl (C=O) groups excluding carboxylic acids is 1. The van der Waals surface area contributed by atoms with E-state index in [1.807, 2.05) is 12.1 Å². The first-order valence-electron chi connectivity index (χ1n) is 10.3. The van der Waals surface area contributed by atoms with Gasteiger partial charge in [-0.1, -0.05) is 48.2 Å². The summed E-state index contributed by atoms with van der Waals surface area (Å²) in [6.45, 7) is 0.384. The fourth-order valence-electron chi connectivity index (χ4n) is 3.36. The van der Waals surface area contributed by atoms with E-state index >= 15 is 0 Å². The summed E-state index contributed by atoms with van der Waals surface area (Å²) in [6, 6.07) is 13.8. The van der Waals surface area contributed by atoms with Gasteiger partial charge in [-0.2, -0.15) is 0 Å². The number of carboxylic acids is 2. The van der Waals surface area contributed by atoms with Crippen LogP contribution in [0.3, 0.4) is 0 Å². The number of amides is 1. The molecule has 0 radical (unpaired) electrons. The number of aliphatic carboxylic acids is 1. The number of rotatable bonds is 9. The van der Waals surface area contributed by atoms with Crippen LogP contribution < -0.4 is 0 Å². The van der Waals surface area contributed by atoms with Crippen LogP contribution in [-0.4, -0.2) is 43.8 Å². The van der Waals surface area contributed by atoms with E-state index in [1.165, 1.54) is 22.7 Å². The molecule has 3 aromatic rings. The third kappa shape index (κ3) is 5.29. The van der Waals surface area contributed by atoms with E-state index in [-0.39, 0.29) is 18.1 Å². The molecule has 8 nitrogen and oxygen atoms in total. The molecular weight excluding hydrogens is 478 g/mol. The van der Waals surface area contributed by atoms with Crippen molar-refractivity contribution in [3.05, 3.63) is 65.0 Å². The molecule has 0 bridgehead atoms. The minimum atomic E-state index is -1.12. The summed E-state index contributed by atoms with van der Waals surface area (Å²) in [4.78, 5) is 36.2. The monoisotopic (exact) mass is 497 g/mol. The second kappa shape index (κ2) is 10.1.